The Hall–Kier alpha value is -1.21. The van der Waals surface area contributed by atoms with E-state index in [0.717, 1.165) is 18.5 Å². The summed E-state index contributed by atoms with van der Waals surface area (Å²) in [6.45, 7) is -0.901. The molecule has 1 heterocycles. The second kappa shape index (κ2) is 7.17. The average Bonchev–Trinajstić information content (AvgIpc) is 2.42. The number of carboxylic acids is 1. The summed E-state index contributed by atoms with van der Waals surface area (Å²) in [5.74, 6) is -0.999. The minimum atomic E-state index is -2.86. The van der Waals surface area contributed by atoms with Crippen molar-refractivity contribution in [1.29, 1.82) is 0 Å². The Kier molecular flexibility index (Phi) is 5.52. The molecule has 0 bridgehead atoms. The van der Waals surface area contributed by atoms with Crippen LogP contribution in [0.15, 0.2) is 22.7 Å². The summed E-state index contributed by atoms with van der Waals surface area (Å²) in [6.07, 6.45) is 1.56. The summed E-state index contributed by atoms with van der Waals surface area (Å²) < 4.78 is 29.2. The van der Waals surface area contributed by atoms with Gasteiger partial charge in [-0.2, -0.15) is 8.78 Å². The molecule has 1 atom stereocenters. The molecule has 0 radical (unpaired) electrons. The third kappa shape index (κ3) is 4.64. The molecule has 1 N–H and O–H groups in total. The predicted molar refractivity (Wildman–Crippen MR) is 76.4 cm³/mol. The van der Waals surface area contributed by atoms with Gasteiger partial charge < -0.3 is 9.84 Å². The highest BCUT2D eigenvalue weighted by Gasteiger charge is 2.25. The second-order valence-corrected chi connectivity index (χ2v) is 5.91. The number of aliphatic carboxylic acids is 1. The van der Waals surface area contributed by atoms with Crippen LogP contribution in [0.3, 0.4) is 0 Å². The van der Waals surface area contributed by atoms with Gasteiger partial charge in [-0.05, 0) is 53.0 Å². The van der Waals surface area contributed by atoms with Gasteiger partial charge in [-0.1, -0.05) is 6.07 Å². The fourth-order valence-corrected chi connectivity index (χ4v) is 3.01. The van der Waals surface area contributed by atoms with E-state index in [1.54, 1.807) is 12.1 Å². The van der Waals surface area contributed by atoms with Crippen LogP contribution in [0.25, 0.3) is 0 Å². The lowest BCUT2D eigenvalue weighted by Gasteiger charge is -2.30. The number of hydrogen-bond donors (Lipinski definition) is 1. The highest BCUT2D eigenvalue weighted by atomic mass is 79.9. The van der Waals surface area contributed by atoms with Gasteiger partial charge >= 0.3 is 12.6 Å². The van der Waals surface area contributed by atoms with Gasteiger partial charge in [0, 0.05) is 13.1 Å². The van der Waals surface area contributed by atoms with E-state index in [1.807, 2.05) is 0 Å². The van der Waals surface area contributed by atoms with Crippen LogP contribution in [0.5, 0.6) is 5.75 Å². The van der Waals surface area contributed by atoms with Gasteiger partial charge in [0.05, 0.1) is 10.4 Å². The molecule has 1 unspecified atom stereocenters. The number of carbonyl (C=O) groups is 1. The van der Waals surface area contributed by atoms with Crippen LogP contribution in [0.4, 0.5) is 8.78 Å². The van der Waals surface area contributed by atoms with E-state index in [4.69, 9.17) is 5.11 Å². The van der Waals surface area contributed by atoms with Gasteiger partial charge in [-0.15, -0.1) is 0 Å². The molecule has 0 spiro atoms. The Morgan fingerprint density at radius 1 is 1.52 bits per heavy atom. The summed E-state index contributed by atoms with van der Waals surface area (Å²) >= 11 is 3.20. The van der Waals surface area contributed by atoms with E-state index in [2.05, 4.69) is 25.6 Å². The summed E-state index contributed by atoms with van der Waals surface area (Å²) in [4.78, 5) is 13.1. The Morgan fingerprint density at radius 2 is 2.29 bits per heavy atom. The van der Waals surface area contributed by atoms with Crippen LogP contribution >= 0.6 is 15.9 Å². The monoisotopic (exact) mass is 363 g/mol. The number of rotatable bonds is 5. The Labute approximate surface area is 129 Å². The average molecular weight is 364 g/mol. The zero-order valence-corrected chi connectivity index (χ0v) is 12.9. The Morgan fingerprint density at radius 3 is 2.90 bits per heavy atom. The molecule has 0 saturated carbocycles. The van der Waals surface area contributed by atoms with Crippen molar-refractivity contribution in [1.82, 2.24) is 4.90 Å². The lowest BCUT2D eigenvalue weighted by molar-refractivity contribution is -0.143. The number of nitrogens with zero attached hydrogens (tertiary/aromatic N) is 1. The van der Waals surface area contributed by atoms with Crippen molar-refractivity contribution < 1.29 is 23.4 Å². The van der Waals surface area contributed by atoms with Crippen LogP contribution in [0.1, 0.15) is 18.4 Å². The molecule has 1 aromatic carbocycles. The molecular weight excluding hydrogens is 348 g/mol. The van der Waals surface area contributed by atoms with Crippen LogP contribution in [-0.4, -0.2) is 35.7 Å². The van der Waals surface area contributed by atoms with Crippen LogP contribution in [0, 0.1) is 5.92 Å². The van der Waals surface area contributed by atoms with Crippen molar-refractivity contribution in [3.8, 4) is 5.75 Å². The fraction of sp³-hybridized carbons (Fsp3) is 0.500. The molecule has 1 aliphatic heterocycles. The zero-order chi connectivity index (χ0) is 15.4. The molecule has 21 heavy (non-hydrogen) atoms. The molecule has 2 rings (SSSR count). The molecule has 0 amide bonds. The molecule has 7 heteroatoms. The summed E-state index contributed by atoms with van der Waals surface area (Å²) in [6, 6.07) is 4.93. The molecule has 0 aliphatic carbocycles. The van der Waals surface area contributed by atoms with Crippen molar-refractivity contribution >= 4 is 21.9 Å². The third-order valence-corrected chi connectivity index (χ3v) is 4.09. The number of alkyl halides is 2. The molecule has 1 aromatic rings. The van der Waals surface area contributed by atoms with Crippen molar-refractivity contribution in [2.24, 2.45) is 5.92 Å². The highest BCUT2D eigenvalue weighted by Crippen LogP contribution is 2.28. The van der Waals surface area contributed by atoms with E-state index >= 15 is 0 Å². The van der Waals surface area contributed by atoms with Crippen LogP contribution in [0.2, 0.25) is 0 Å². The lowest BCUT2D eigenvalue weighted by atomic mass is 9.98. The van der Waals surface area contributed by atoms with E-state index in [0.29, 0.717) is 24.0 Å². The Balaban J connectivity index is 1.99. The minimum absolute atomic E-state index is 0.0933. The van der Waals surface area contributed by atoms with E-state index in [-0.39, 0.29) is 11.7 Å². The van der Waals surface area contributed by atoms with Gasteiger partial charge in [0.2, 0.25) is 0 Å². The van der Waals surface area contributed by atoms with E-state index in [9.17, 15) is 13.6 Å². The number of piperidine rings is 1. The number of ether oxygens (including phenoxy) is 1. The normalized spacial score (nSPS) is 19.7. The van der Waals surface area contributed by atoms with Crippen LogP contribution < -0.4 is 4.74 Å². The number of likely N-dealkylation sites (tertiary alicyclic amines) is 1. The molecule has 1 saturated heterocycles. The molecule has 1 aliphatic rings. The fourth-order valence-electron chi connectivity index (χ4n) is 2.49. The number of halogens is 3. The summed E-state index contributed by atoms with van der Waals surface area (Å²) in [7, 11) is 0. The quantitative estimate of drug-likeness (QED) is 0.871. The standard InChI is InChI=1S/C14H16BrF2NO3/c15-11-6-9(3-4-12(11)21-14(16)17)7-18-5-1-2-10(8-18)13(19)20/h3-4,6,10,14H,1-2,5,7-8H2,(H,19,20). The first-order valence-corrected chi connectivity index (χ1v) is 7.43. The third-order valence-electron chi connectivity index (χ3n) is 3.47. The Bertz CT molecular complexity index is 513. The first kappa shape index (κ1) is 16.2. The van der Waals surface area contributed by atoms with Crippen molar-refractivity contribution in [3.05, 3.63) is 28.2 Å². The van der Waals surface area contributed by atoms with Crippen molar-refractivity contribution in [3.63, 3.8) is 0 Å². The van der Waals surface area contributed by atoms with E-state index < -0.39 is 12.6 Å². The molecule has 1 fully saturated rings. The van der Waals surface area contributed by atoms with E-state index in [1.165, 1.54) is 6.07 Å². The lowest BCUT2D eigenvalue weighted by Crippen LogP contribution is -2.38. The largest absolute Gasteiger partial charge is 0.481 e. The van der Waals surface area contributed by atoms with Crippen molar-refractivity contribution in [2.75, 3.05) is 13.1 Å². The van der Waals surface area contributed by atoms with Gasteiger partial charge in [0.25, 0.3) is 0 Å². The second-order valence-electron chi connectivity index (χ2n) is 5.06. The predicted octanol–water partition coefficient (Wildman–Crippen LogP) is 3.35. The maximum atomic E-state index is 12.2. The molecule has 4 nitrogen and oxygen atoms in total. The van der Waals surface area contributed by atoms with Gasteiger partial charge in [-0.25, -0.2) is 0 Å². The van der Waals surface area contributed by atoms with Gasteiger partial charge in [0.1, 0.15) is 5.75 Å². The minimum Gasteiger partial charge on any atom is -0.481 e. The number of benzene rings is 1. The first-order valence-electron chi connectivity index (χ1n) is 6.64. The summed E-state index contributed by atoms with van der Waals surface area (Å²) in [5, 5.41) is 9.06. The maximum Gasteiger partial charge on any atom is 0.387 e. The molecule has 116 valence electrons. The maximum absolute atomic E-state index is 12.2. The molecular formula is C14H16BrF2NO3. The highest BCUT2D eigenvalue weighted by molar-refractivity contribution is 9.10. The topological polar surface area (TPSA) is 49.8 Å². The van der Waals surface area contributed by atoms with Gasteiger partial charge in [0.15, 0.2) is 0 Å². The van der Waals surface area contributed by atoms with Crippen LogP contribution in [-0.2, 0) is 11.3 Å². The molecule has 0 aromatic heterocycles. The number of hydrogen-bond acceptors (Lipinski definition) is 3. The first-order chi connectivity index (χ1) is 9.95. The zero-order valence-electron chi connectivity index (χ0n) is 11.3. The number of carboxylic acid groups (broad SMARTS) is 1. The SMILES string of the molecule is O=C(O)C1CCCN(Cc2ccc(OC(F)F)c(Br)c2)C1. The van der Waals surface area contributed by atoms with Gasteiger partial charge in [-0.3, -0.25) is 9.69 Å². The smallest absolute Gasteiger partial charge is 0.387 e. The van der Waals surface area contributed by atoms with Crippen molar-refractivity contribution in [2.45, 2.75) is 26.0 Å². The summed E-state index contributed by atoms with van der Waals surface area (Å²) in [5.41, 5.74) is 0.925.